The van der Waals surface area contributed by atoms with Crippen molar-refractivity contribution in [1.29, 1.82) is 0 Å². The SMILES string of the molecule is CCCCCCC[C@H]1CC[C@H](CCc2ccc(-c3ccc(CCCCC)cc3)nc2)CC1. The Kier molecular flexibility index (Phi) is 11.3. The predicted octanol–water partition coefficient (Wildman–Crippen LogP) is 9.58. The highest BCUT2D eigenvalue weighted by Gasteiger charge is 2.20. The number of hydrogen-bond donors (Lipinski definition) is 0. The first-order valence-corrected chi connectivity index (χ1v) is 13.8. The van der Waals surface area contributed by atoms with Crippen LogP contribution in [0.4, 0.5) is 0 Å². The second-order valence-electron chi connectivity index (χ2n) is 10.3. The molecular weight excluding hydrogens is 386 g/mol. The molecule has 176 valence electrons. The van der Waals surface area contributed by atoms with E-state index in [0.29, 0.717) is 0 Å². The van der Waals surface area contributed by atoms with Gasteiger partial charge in [-0.3, -0.25) is 4.98 Å². The molecule has 1 aromatic carbocycles. The number of pyridine rings is 1. The first-order chi connectivity index (χ1) is 15.8. The normalized spacial score (nSPS) is 18.7. The van der Waals surface area contributed by atoms with Crippen molar-refractivity contribution >= 4 is 0 Å². The van der Waals surface area contributed by atoms with E-state index in [0.717, 1.165) is 17.5 Å². The van der Waals surface area contributed by atoms with Gasteiger partial charge in [-0.15, -0.1) is 0 Å². The molecule has 1 aromatic heterocycles. The van der Waals surface area contributed by atoms with Crippen LogP contribution in [-0.4, -0.2) is 4.98 Å². The third kappa shape index (κ3) is 8.72. The molecule has 1 aliphatic carbocycles. The summed E-state index contributed by atoms with van der Waals surface area (Å²) in [5, 5.41) is 0. The number of rotatable bonds is 14. The van der Waals surface area contributed by atoms with E-state index in [1.807, 2.05) is 0 Å². The predicted molar refractivity (Wildman–Crippen MR) is 140 cm³/mol. The lowest BCUT2D eigenvalue weighted by Crippen LogP contribution is -2.15. The molecule has 2 aromatic rings. The molecule has 0 N–H and O–H groups in total. The summed E-state index contributed by atoms with van der Waals surface area (Å²) in [6.45, 7) is 4.57. The van der Waals surface area contributed by atoms with Gasteiger partial charge in [-0.1, -0.05) is 121 Å². The van der Waals surface area contributed by atoms with Gasteiger partial charge >= 0.3 is 0 Å². The van der Waals surface area contributed by atoms with Gasteiger partial charge in [-0.25, -0.2) is 0 Å². The van der Waals surface area contributed by atoms with Gasteiger partial charge in [0.2, 0.25) is 0 Å². The Morgan fingerprint density at radius 2 is 1.25 bits per heavy atom. The monoisotopic (exact) mass is 433 g/mol. The van der Waals surface area contributed by atoms with E-state index in [2.05, 4.69) is 56.4 Å². The average molecular weight is 434 g/mol. The van der Waals surface area contributed by atoms with Crippen LogP contribution in [0, 0.1) is 11.8 Å². The molecule has 0 amide bonds. The van der Waals surface area contributed by atoms with Gasteiger partial charge in [-0.05, 0) is 54.7 Å². The summed E-state index contributed by atoms with van der Waals surface area (Å²) in [7, 11) is 0. The molecule has 1 heteroatoms. The molecule has 0 unspecified atom stereocenters. The lowest BCUT2D eigenvalue weighted by molar-refractivity contribution is 0.248. The molecule has 0 radical (unpaired) electrons. The minimum absolute atomic E-state index is 0.936. The van der Waals surface area contributed by atoms with Crippen LogP contribution in [0.15, 0.2) is 42.6 Å². The van der Waals surface area contributed by atoms with E-state index < -0.39 is 0 Å². The summed E-state index contributed by atoms with van der Waals surface area (Å²) in [6, 6.07) is 13.6. The fraction of sp³-hybridized carbons (Fsp3) is 0.645. The number of aryl methyl sites for hydroxylation is 2. The number of unbranched alkanes of at least 4 members (excludes halogenated alkanes) is 6. The number of benzene rings is 1. The molecule has 0 atom stereocenters. The Morgan fingerprint density at radius 1 is 0.625 bits per heavy atom. The lowest BCUT2D eigenvalue weighted by atomic mass is 9.78. The Bertz CT molecular complexity index is 722. The van der Waals surface area contributed by atoms with Gasteiger partial charge in [0.1, 0.15) is 0 Å². The van der Waals surface area contributed by atoms with Crippen LogP contribution in [-0.2, 0) is 12.8 Å². The van der Waals surface area contributed by atoms with Crippen LogP contribution >= 0.6 is 0 Å². The fourth-order valence-electron chi connectivity index (χ4n) is 5.38. The zero-order valence-corrected chi connectivity index (χ0v) is 21.0. The largest absolute Gasteiger partial charge is 0.256 e. The third-order valence-corrected chi connectivity index (χ3v) is 7.67. The Morgan fingerprint density at radius 3 is 1.91 bits per heavy atom. The van der Waals surface area contributed by atoms with Crippen LogP contribution in [0.5, 0.6) is 0 Å². The van der Waals surface area contributed by atoms with Gasteiger partial charge in [0.05, 0.1) is 5.69 Å². The summed E-state index contributed by atoms with van der Waals surface area (Å²) >= 11 is 0. The first kappa shape index (κ1) is 25.0. The van der Waals surface area contributed by atoms with Crippen LogP contribution in [0.25, 0.3) is 11.3 Å². The van der Waals surface area contributed by atoms with E-state index in [9.17, 15) is 0 Å². The smallest absolute Gasteiger partial charge is 0.0702 e. The summed E-state index contributed by atoms with van der Waals surface area (Å²) in [4.78, 5) is 4.78. The summed E-state index contributed by atoms with van der Waals surface area (Å²) in [5.74, 6) is 1.96. The molecule has 0 aliphatic heterocycles. The Balaban J connectivity index is 1.35. The van der Waals surface area contributed by atoms with Crippen LogP contribution < -0.4 is 0 Å². The topological polar surface area (TPSA) is 12.9 Å². The van der Waals surface area contributed by atoms with Crippen molar-refractivity contribution in [1.82, 2.24) is 4.98 Å². The van der Waals surface area contributed by atoms with Crippen molar-refractivity contribution in [3.8, 4) is 11.3 Å². The summed E-state index contributed by atoms with van der Waals surface area (Å²) in [5.41, 5.74) is 5.20. The minimum Gasteiger partial charge on any atom is -0.256 e. The number of hydrogen-bond acceptors (Lipinski definition) is 1. The molecule has 1 fully saturated rings. The van der Waals surface area contributed by atoms with Crippen molar-refractivity contribution in [2.75, 3.05) is 0 Å². The number of aromatic nitrogens is 1. The highest BCUT2D eigenvalue weighted by Crippen LogP contribution is 2.34. The van der Waals surface area contributed by atoms with Crippen LogP contribution in [0.2, 0.25) is 0 Å². The van der Waals surface area contributed by atoms with Gasteiger partial charge < -0.3 is 0 Å². The second-order valence-corrected chi connectivity index (χ2v) is 10.3. The van der Waals surface area contributed by atoms with Crippen molar-refractivity contribution in [2.45, 2.75) is 117 Å². The van der Waals surface area contributed by atoms with Crippen LogP contribution in [0.1, 0.15) is 115 Å². The van der Waals surface area contributed by atoms with Gasteiger partial charge in [0.25, 0.3) is 0 Å². The molecule has 1 heterocycles. The molecule has 0 spiro atoms. The lowest BCUT2D eigenvalue weighted by Gasteiger charge is -2.28. The molecule has 3 rings (SSSR count). The van der Waals surface area contributed by atoms with Crippen molar-refractivity contribution < 1.29 is 0 Å². The first-order valence-electron chi connectivity index (χ1n) is 13.8. The van der Waals surface area contributed by atoms with E-state index >= 15 is 0 Å². The third-order valence-electron chi connectivity index (χ3n) is 7.67. The van der Waals surface area contributed by atoms with Crippen molar-refractivity contribution in [2.24, 2.45) is 11.8 Å². The second kappa shape index (κ2) is 14.5. The molecule has 32 heavy (non-hydrogen) atoms. The zero-order valence-electron chi connectivity index (χ0n) is 21.0. The van der Waals surface area contributed by atoms with E-state index in [1.165, 1.54) is 119 Å². The van der Waals surface area contributed by atoms with Gasteiger partial charge in [0.15, 0.2) is 0 Å². The van der Waals surface area contributed by atoms with Crippen molar-refractivity contribution in [3.05, 3.63) is 53.7 Å². The molecule has 1 nitrogen and oxygen atoms in total. The van der Waals surface area contributed by atoms with E-state index in [4.69, 9.17) is 4.98 Å². The van der Waals surface area contributed by atoms with E-state index in [1.54, 1.807) is 0 Å². The Labute approximate surface area is 198 Å². The summed E-state index contributed by atoms with van der Waals surface area (Å²) < 4.78 is 0. The van der Waals surface area contributed by atoms with E-state index in [-0.39, 0.29) is 0 Å². The van der Waals surface area contributed by atoms with Gasteiger partial charge in [-0.2, -0.15) is 0 Å². The van der Waals surface area contributed by atoms with Crippen LogP contribution in [0.3, 0.4) is 0 Å². The minimum atomic E-state index is 0.936. The summed E-state index contributed by atoms with van der Waals surface area (Å²) in [6.07, 6.45) is 24.3. The molecule has 0 saturated heterocycles. The molecule has 0 bridgehead atoms. The molecular formula is C31H47N. The fourth-order valence-corrected chi connectivity index (χ4v) is 5.38. The molecule has 1 saturated carbocycles. The average Bonchev–Trinajstić information content (AvgIpc) is 2.84. The zero-order chi connectivity index (χ0) is 22.4. The standard InChI is InChI=1S/C31H47N/c1-3-5-7-8-10-12-26-13-15-28(16-14-26)17-18-29-21-24-31(32-25-29)30-22-19-27(20-23-30)11-9-6-4-2/h19-26,28H,3-18H2,1-2H3/t26-,28-. The molecule has 1 aliphatic rings. The Hall–Kier alpha value is -1.63. The van der Waals surface area contributed by atoms with Gasteiger partial charge in [0, 0.05) is 11.8 Å². The van der Waals surface area contributed by atoms with Crippen molar-refractivity contribution in [3.63, 3.8) is 0 Å². The highest BCUT2D eigenvalue weighted by atomic mass is 14.7. The number of nitrogens with zero attached hydrogens (tertiary/aromatic N) is 1. The maximum Gasteiger partial charge on any atom is 0.0702 e. The quantitative estimate of drug-likeness (QED) is 0.270. The maximum absolute atomic E-state index is 4.78. The maximum atomic E-state index is 4.78. The highest BCUT2D eigenvalue weighted by molar-refractivity contribution is 5.59.